The molecular formula is C37H60BrIN2O2. The van der Waals surface area contributed by atoms with Gasteiger partial charge in [0.2, 0.25) is 5.52 Å². The van der Waals surface area contributed by atoms with Gasteiger partial charge in [-0.3, -0.25) is 0 Å². The van der Waals surface area contributed by atoms with E-state index in [1.165, 1.54) is 109 Å². The third kappa shape index (κ3) is 10.1. The third-order valence-corrected chi connectivity index (χ3v) is 10.7. The van der Waals surface area contributed by atoms with Gasteiger partial charge in [-0.15, -0.1) is 6.58 Å². The average Bonchev–Trinajstić information content (AvgIpc) is 3.01. The molecule has 0 radical (unpaired) electrons. The number of aromatic nitrogens is 1. The van der Waals surface area contributed by atoms with E-state index in [-0.39, 0.29) is 47.0 Å². The molecule has 1 aromatic heterocycles. The number of benzene rings is 1. The lowest BCUT2D eigenvalue weighted by atomic mass is 9.71. The van der Waals surface area contributed by atoms with Crippen LogP contribution in [0.25, 0.3) is 10.9 Å². The second-order valence-corrected chi connectivity index (χ2v) is 13.4. The molecule has 0 spiro atoms. The summed E-state index contributed by atoms with van der Waals surface area (Å²) >= 11 is 0. The van der Waals surface area contributed by atoms with Crippen molar-refractivity contribution >= 4 is 10.9 Å². The number of unbranched alkanes of at least 4 members (excludes halogenated alkanes) is 13. The molecule has 4 nitrogen and oxygen atoms in total. The lowest BCUT2D eigenvalue weighted by molar-refractivity contribution is -0.973. The highest BCUT2D eigenvalue weighted by Crippen LogP contribution is 2.47. The molecule has 4 heterocycles. The van der Waals surface area contributed by atoms with Crippen LogP contribution in [0, 0.1) is 11.8 Å². The Bertz CT molecular complexity index is 1100. The Kier molecular flexibility index (Phi) is 17.7. The summed E-state index contributed by atoms with van der Waals surface area (Å²) in [5, 5.41) is 13.2. The highest BCUT2D eigenvalue weighted by atomic mass is 127. The number of fused-ring (bicyclic) bond motifs is 4. The van der Waals surface area contributed by atoms with Gasteiger partial charge in [0.1, 0.15) is 24.9 Å². The summed E-state index contributed by atoms with van der Waals surface area (Å²) in [5.41, 5.74) is 2.20. The second-order valence-electron chi connectivity index (χ2n) is 13.4. The SMILES string of the molecule is C=CC1C[N+]2(CCCCCCCCCCCCCCCC)CCC1C[C@H]2[C@@H](O)c1cc[n+](C)c2ccc(OC)cc12.[Br-].[I-]. The lowest BCUT2D eigenvalue weighted by Crippen LogP contribution is -3.00. The van der Waals surface area contributed by atoms with Gasteiger partial charge in [-0.2, -0.15) is 0 Å². The highest BCUT2D eigenvalue weighted by Gasteiger charge is 2.53. The molecule has 1 aromatic carbocycles. The van der Waals surface area contributed by atoms with E-state index in [4.69, 9.17) is 4.74 Å². The Labute approximate surface area is 291 Å². The van der Waals surface area contributed by atoms with Crippen LogP contribution in [0.3, 0.4) is 0 Å². The van der Waals surface area contributed by atoms with Gasteiger partial charge >= 0.3 is 0 Å². The number of nitrogens with zero attached hydrogens (tertiary/aromatic N) is 2. The van der Waals surface area contributed by atoms with E-state index in [0.29, 0.717) is 11.8 Å². The molecule has 6 heteroatoms. The van der Waals surface area contributed by atoms with Crippen LogP contribution in [0.4, 0.5) is 0 Å². The number of ether oxygens (including phenoxy) is 1. The predicted octanol–water partition coefficient (Wildman–Crippen LogP) is 2.61. The van der Waals surface area contributed by atoms with Crippen molar-refractivity contribution < 1.29 is 59.9 Å². The van der Waals surface area contributed by atoms with Gasteiger partial charge in [0, 0.05) is 36.5 Å². The fourth-order valence-electron chi connectivity index (χ4n) is 8.12. The van der Waals surface area contributed by atoms with Crippen LogP contribution in [0.15, 0.2) is 43.1 Å². The number of aliphatic hydroxyl groups excluding tert-OH is 1. The van der Waals surface area contributed by atoms with Gasteiger partial charge in [-0.05, 0) is 30.9 Å². The number of methoxy groups -OCH3 is 1. The van der Waals surface area contributed by atoms with E-state index >= 15 is 0 Å². The normalized spacial score (nSPS) is 23.4. The van der Waals surface area contributed by atoms with E-state index in [1.807, 2.05) is 6.07 Å². The largest absolute Gasteiger partial charge is 1.00 e. The zero-order chi connectivity index (χ0) is 29.1. The smallest absolute Gasteiger partial charge is 0.212 e. The minimum absolute atomic E-state index is 0. The molecule has 3 saturated heterocycles. The van der Waals surface area contributed by atoms with Gasteiger partial charge < -0.3 is 55.3 Å². The van der Waals surface area contributed by atoms with Crippen molar-refractivity contribution in [3.63, 3.8) is 0 Å². The van der Waals surface area contributed by atoms with E-state index in [1.54, 1.807) is 7.11 Å². The molecule has 5 rings (SSSR count). The number of pyridine rings is 1. The van der Waals surface area contributed by atoms with Gasteiger partial charge in [0.25, 0.3) is 0 Å². The fraction of sp³-hybridized carbons (Fsp3) is 0.703. The average molecular weight is 772 g/mol. The monoisotopic (exact) mass is 770 g/mol. The van der Waals surface area contributed by atoms with Gasteiger partial charge in [0.05, 0.1) is 32.1 Å². The summed E-state index contributed by atoms with van der Waals surface area (Å²) in [6, 6.07) is 8.64. The summed E-state index contributed by atoms with van der Waals surface area (Å²) in [4.78, 5) is 0. The molecule has 244 valence electrons. The number of rotatable bonds is 19. The zero-order valence-electron chi connectivity index (χ0n) is 27.4. The molecule has 43 heavy (non-hydrogen) atoms. The highest BCUT2D eigenvalue weighted by molar-refractivity contribution is 5.81. The summed E-state index contributed by atoms with van der Waals surface area (Å²) in [7, 11) is 3.80. The van der Waals surface area contributed by atoms with E-state index in [2.05, 4.69) is 55.6 Å². The van der Waals surface area contributed by atoms with Crippen molar-refractivity contribution in [2.75, 3.05) is 26.7 Å². The topological polar surface area (TPSA) is 33.3 Å². The van der Waals surface area contributed by atoms with Crippen LogP contribution in [0.1, 0.15) is 121 Å². The summed E-state index contributed by atoms with van der Waals surface area (Å²) in [6.45, 7) is 10.1. The molecule has 0 saturated carbocycles. The molecule has 5 atom stereocenters. The minimum Gasteiger partial charge on any atom is -1.00 e. The molecule has 0 aliphatic carbocycles. The van der Waals surface area contributed by atoms with Crippen molar-refractivity contribution in [2.24, 2.45) is 18.9 Å². The lowest BCUT2D eigenvalue weighted by Gasteiger charge is -2.58. The van der Waals surface area contributed by atoms with Crippen LogP contribution in [0.2, 0.25) is 0 Å². The van der Waals surface area contributed by atoms with Crippen LogP contribution in [0.5, 0.6) is 5.75 Å². The first-order valence-electron chi connectivity index (χ1n) is 17.2. The van der Waals surface area contributed by atoms with Gasteiger partial charge in [-0.1, -0.05) is 90.0 Å². The minimum atomic E-state index is -0.467. The first-order valence-corrected chi connectivity index (χ1v) is 17.2. The standard InChI is InChI=1S/C37H60N2O2.BrH.HI/c1-5-7-8-9-10-11-12-13-14-15-16-17-18-19-25-39-26-23-31(30(6-2)29-39)27-36(39)37(40)33-22-24-38(3)35-21-20-32(41-4)28-34(33)35;;/h6,20-22,24,28,30-31,36-37,40H,2,5,7-19,23,25-27,29H2,1,3-4H3;2*1H/q+2;;/p-2/t30?,31?,36-,37-,39?;;/m0../s1. The Morgan fingerprint density at radius 3 is 2.16 bits per heavy atom. The van der Waals surface area contributed by atoms with Crippen LogP contribution in [-0.4, -0.2) is 42.4 Å². The Hall–Kier alpha value is -0.700. The molecule has 3 aliphatic heterocycles. The van der Waals surface area contributed by atoms with Crippen molar-refractivity contribution in [2.45, 2.75) is 122 Å². The molecule has 2 bridgehead atoms. The van der Waals surface area contributed by atoms with Crippen LogP contribution < -0.4 is 50.3 Å². The number of halogens is 2. The number of hydrogen-bond acceptors (Lipinski definition) is 2. The maximum atomic E-state index is 12.1. The van der Waals surface area contributed by atoms with E-state index in [9.17, 15) is 5.11 Å². The Balaban J connectivity index is 0.00000323. The maximum absolute atomic E-state index is 12.1. The summed E-state index contributed by atoms with van der Waals surface area (Å²) in [6.07, 6.45) is 25.8. The Morgan fingerprint density at radius 2 is 1.58 bits per heavy atom. The van der Waals surface area contributed by atoms with Gasteiger partial charge in [-0.25, -0.2) is 4.57 Å². The van der Waals surface area contributed by atoms with E-state index in [0.717, 1.165) is 39.7 Å². The number of piperidine rings is 3. The number of aryl methyl sites for hydroxylation is 1. The Morgan fingerprint density at radius 1 is 0.977 bits per heavy atom. The number of quaternary nitrogens is 1. The third-order valence-electron chi connectivity index (χ3n) is 10.7. The molecule has 1 N–H and O–H groups in total. The number of aliphatic hydroxyl groups is 1. The predicted molar refractivity (Wildman–Crippen MR) is 172 cm³/mol. The van der Waals surface area contributed by atoms with Crippen molar-refractivity contribution in [1.82, 2.24) is 0 Å². The first kappa shape index (κ1) is 38.5. The molecule has 2 aromatic rings. The van der Waals surface area contributed by atoms with Gasteiger partial charge in [0.15, 0.2) is 6.20 Å². The van der Waals surface area contributed by atoms with Crippen molar-refractivity contribution in [3.8, 4) is 5.75 Å². The van der Waals surface area contributed by atoms with E-state index < -0.39 is 6.10 Å². The molecule has 3 aliphatic rings. The van der Waals surface area contributed by atoms with Crippen molar-refractivity contribution in [3.05, 3.63) is 48.7 Å². The second kappa shape index (κ2) is 19.7. The van der Waals surface area contributed by atoms with Crippen LogP contribution >= 0.6 is 0 Å². The quantitative estimate of drug-likeness (QED) is 0.0785. The summed E-state index contributed by atoms with van der Waals surface area (Å²) in [5.74, 6) is 2.09. The molecule has 3 unspecified atom stereocenters. The molecular weight excluding hydrogens is 711 g/mol. The zero-order valence-corrected chi connectivity index (χ0v) is 31.2. The summed E-state index contributed by atoms with van der Waals surface area (Å²) < 4.78 is 8.78. The van der Waals surface area contributed by atoms with Crippen LogP contribution in [-0.2, 0) is 7.05 Å². The maximum Gasteiger partial charge on any atom is 0.212 e. The first-order chi connectivity index (χ1) is 20.0. The number of hydrogen-bond donors (Lipinski definition) is 1. The van der Waals surface area contributed by atoms with Crippen molar-refractivity contribution in [1.29, 1.82) is 0 Å². The molecule has 0 amide bonds. The fourth-order valence-corrected chi connectivity index (χ4v) is 8.12. The molecule has 3 fully saturated rings.